The molecule has 2 nitrogen and oxygen atoms in total. The van der Waals surface area contributed by atoms with Gasteiger partial charge < -0.3 is 5.11 Å². The Bertz CT molecular complexity index is 511. The predicted octanol–water partition coefficient (Wildman–Crippen LogP) is 3.19. The molecule has 0 saturated carbocycles. The van der Waals surface area contributed by atoms with Crippen molar-refractivity contribution in [3.05, 3.63) is 47.0 Å². The molecule has 0 radical (unpaired) electrons. The van der Waals surface area contributed by atoms with Crippen molar-refractivity contribution >= 4 is 28.3 Å². The van der Waals surface area contributed by atoms with Gasteiger partial charge in [-0.1, -0.05) is 41.9 Å². The van der Waals surface area contributed by atoms with Gasteiger partial charge in [0.2, 0.25) is 0 Å². The maximum Gasteiger partial charge on any atom is 0.337 e. The summed E-state index contributed by atoms with van der Waals surface area (Å²) in [5.74, 6) is -0.999. The summed E-state index contributed by atoms with van der Waals surface area (Å²) in [7, 11) is 0. The summed E-state index contributed by atoms with van der Waals surface area (Å²) in [6, 6.07) is 10.7. The van der Waals surface area contributed by atoms with Crippen LogP contribution in [0.1, 0.15) is 10.4 Å². The van der Waals surface area contributed by atoms with Crippen LogP contribution in [0.4, 0.5) is 0 Å². The average molecular weight is 407 g/mol. The number of carboxylic acids is 1. The monoisotopic (exact) mass is 408 g/mol. The van der Waals surface area contributed by atoms with Gasteiger partial charge in [0.05, 0.1) is 10.6 Å². The second-order valence-corrected chi connectivity index (χ2v) is 3.33. The third-order valence-corrected chi connectivity index (χ3v) is 2.50. The molecule has 1 N–H and O–H groups in total. The average Bonchev–Trinajstić information content (AvgIpc) is 2.18. The Morgan fingerprint density at radius 2 is 1.80 bits per heavy atom. The standard InChI is InChI=1S/C11H7ClO2.Hg/c12-10-8-4-2-1-3-7(8)5-6-9(10)11(13)14;/h1-6H,(H,13,14);. The van der Waals surface area contributed by atoms with E-state index in [-0.39, 0.29) is 33.2 Å². The predicted molar refractivity (Wildman–Crippen MR) is 55.9 cm³/mol. The zero-order valence-electron chi connectivity index (χ0n) is 7.90. The Morgan fingerprint density at radius 3 is 2.47 bits per heavy atom. The van der Waals surface area contributed by atoms with Gasteiger partial charge in [-0.25, -0.2) is 4.79 Å². The van der Waals surface area contributed by atoms with E-state index in [1.807, 2.05) is 24.3 Å². The van der Waals surface area contributed by atoms with Crippen molar-refractivity contribution in [3.63, 3.8) is 0 Å². The summed E-state index contributed by atoms with van der Waals surface area (Å²) in [6.07, 6.45) is 0. The number of halogens is 1. The minimum absolute atomic E-state index is 0. The van der Waals surface area contributed by atoms with Gasteiger partial charge in [0.25, 0.3) is 0 Å². The maximum absolute atomic E-state index is 10.8. The molecule has 0 unspecified atom stereocenters. The fourth-order valence-electron chi connectivity index (χ4n) is 1.40. The second-order valence-electron chi connectivity index (χ2n) is 2.95. The van der Waals surface area contributed by atoms with Crippen molar-refractivity contribution in [1.29, 1.82) is 0 Å². The van der Waals surface area contributed by atoms with Crippen LogP contribution in [0.25, 0.3) is 10.8 Å². The number of aromatic carboxylic acids is 1. The second kappa shape index (κ2) is 4.95. The Balaban J connectivity index is 0.00000112. The van der Waals surface area contributed by atoms with Gasteiger partial charge in [-0.05, 0) is 11.5 Å². The van der Waals surface area contributed by atoms with E-state index in [4.69, 9.17) is 16.7 Å². The van der Waals surface area contributed by atoms with Crippen LogP contribution in [0.5, 0.6) is 0 Å². The van der Waals surface area contributed by atoms with Gasteiger partial charge in [0.1, 0.15) is 0 Å². The van der Waals surface area contributed by atoms with Crippen LogP contribution in [0, 0.1) is 0 Å². The molecule has 0 aromatic heterocycles. The van der Waals surface area contributed by atoms with E-state index < -0.39 is 5.97 Å². The topological polar surface area (TPSA) is 37.3 Å². The van der Waals surface area contributed by atoms with Crippen LogP contribution in [-0.2, 0) is 27.7 Å². The Morgan fingerprint density at radius 1 is 1.13 bits per heavy atom. The van der Waals surface area contributed by atoms with E-state index in [1.54, 1.807) is 6.07 Å². The Labute approximate surface area is 112 Å². The quantitative estimate of drug-likeness (QED) is 0.738. The fraction of sp³-hybridized carbons (Fsp3) is 0. The molecule has 2 aromatic carbocycles. The molecular formula is C11H7ClHgO2. The van der Waals surface area contributed by atoms with Gasteiger partial charge >= 0.3 is 5.97 Å². The molecule has 0 heterocycles. The van der Waals surface area contributed by atoms with Crippen molar-refractivity contribution in [2.75, 3.05) is 0 Å². The van der Waals surface area contributed by atoms with E-state index in [0.29, 0.717) is 5.02 Å². The molecule has 0 fully saturated rings. The molecule has 0 aliphatic carbocycles. The Hall–Kier alpha value is -0.605. The molecule has 0 bridgehead atoms. The molecular weight excluding hydrogens is 400 g/mol. The number of hydrogen-bond donors (Lipinski definition) is 1. The van der Waals surface area contributed by atoms with Gasteiger partial charge in [0.15, 0.2) is 0 Å². The van der Waals surface area contributed by atoms with Crippen LogP contribution >= 0.6 is 11.6 Å². The first kappa shape index (κ1) is 12.5. The van der Waals surface area contributed by atoms with Crippen molar-refractivity contribution in [3.8, 4) is 0 Å². The van der Waals surface area contributed by atoms with Gasteiger partial charge in [-0.15, -0.1) is 0 Å². The molecule has 4 heteroatoms. The molecule has 2 rings (SSSR count). The Kier molecular flexibility index (Phi) is 4.11. The zero-order chi connectivity index (χ0) is 10.1. The normalized spacial score (nSPS) is 9.67. The van der Waals surface area contributed by atoms with E-state index in [1.165, 1.54) is 6.07 Å². The SMILES string of the molecule is O=C(O)c1ccc2ccccc2c1Cl.[Hg]. The van der Waals surface area contributed by atoms with Gasteiger partial charge in [-0.2, -0.15) is 0 Å². The number of fused-ring (bicyclic) bond motifs is 1. The summed E-state index contributed by atoms with van der Waals surface area (Å²) in [4.78, 5) is 10.8. The fourth-order valence-corrected chi connectivity index (χ4v) is 1.71. The maximum atomic E-state index is 10.8. The van der Waals surface area contributed by atoms with Crippen LogP contribution in [0.2, 0.25) is 5.02 Å². The number of carboxylic acid groups (broad SMARTS) is 1. The zero-order valence-corrected chi connectivity index (χ0v) is 14.2. The molecule has 15 heavy (non-hydrogen) atoms. The number of hydrogen-bond acceptors (Lipinski definition) is 1. The number of benzene rings is 2. The first-order valence-electron chi connectivity index (χ1n) is 4.10. The molecule has 0 amide bonds. The smallest absolute Gasteiger partial charge is 0.337 e. The minimum Gasteiger partial charge on any atom is -0.478 e. The van der Waals surface area contributed by atoms with Gasteiger partial charge in [0, 0.05) is 33.1 Å². The van der Waals surface area contributed by atoms with E-state index in [2.05, 4.69) is 0 Å². The van der Waals surface area contributed by atoms with E-state index in [9.17, 15) is 4.79 Å². The molecule has 0 aliphatic rings. The summed E-state index contributed by atoms with van der Waals surface area (Å²) < 4.78 is 0. The summed E-state index contributed by atoms with van der Waals surface area (Å²) in [5.41, 5.74) is 0.144. The van der Waals surface area contributed by atoms with Crippen molar-refractivity contribution in [2.24, 2.45) is 0 Å². The van der Waals surface area contributed by atoms with Crippen molar-refractivity contribution < 1.29 is 37.6 Å². The molecule has 0 aliphatic heterocycles. The third-order valence-electron chi connectivity index (χ3n) is 2.09. The van der Waals surface area contributed by atoms with Gasteiger partial charge in [-0.3, -0.25) is 0 Å². The largest absolute Gasteiger partial charge is 0.478 e. The summed E-state index contributed by atoms with van der Waals surface area (Å²) >= 11 is 5.96. The van der Waals surface area contributed by atoms with Crippen molar-refractivity contribution in [2.45, 2.75) is 0 Å². The van der Waals surface area contributed by atoms with Crippen LogP contribution in [0.3, 0.4) is 0 Å². The molecule has 72 valence electrons. The van der Waals surface area contributed by atoms with Crippen LogP contribution in [-0.4, -0.2) is 11.1 Å². The number of rotatable bonds is 1. The van der Waals surface area contributed by atoms with Crippen LogP contribution < -0.4 is 0 Å². The van der Waals surface area contributed by atoms with E-state index >= 15 is 0 Å². The molecule has 0 atom stereocenters. The van der Waals surface area contributed by atoms with Crippen molar-refractivity contribution in [1.82, 2.24) is 0 Å². The number of carbonyl (C=O) groups is 1. The van der Waals surface area contributed by atoms with E-state index in [0.717, 1.165) is 10.8 Å². The minimum atomic E-state index is -0.999. The molecule has 0 saturated heterocycles. The third kappa shape index (κ3) is 2.32. The first-order chi connectivity index (χ1) is 6.70. The molecule has 0 spiro atoms. The molecule has 2 aromatic rings. The summed E-state index contributed by atoms with van der Waals surface area (Å²) in [6.45, 7) is 0. The first-order valence-corrected chi connectivity index (χ1v) is 4.48. The van der Waals surface area contributed by atoms with Crippen LogP contribution in [0.15, 0.2) is 36.4 Å². The summed E-state index contributed by atoms with van der Waals surface area (Å²) in [5, 5.41) is 10.9.